The van der Waals surface area contributed by atoms with Crippen LogP contribution in [0.4, 0.5) is 15.8 Å². The Kier molecular flexibility index (Phi) is 5.66. The minimum atomic E-state index is -0.216. The number of halogens is 1. The highest BCUT2D eigenvalue weighted by Crippen LogP contribution is 2.18. The van der Waals surface area contributed by atoms with Crippen LogP contribution in [0.3, 0.4) is 0 Å². The van der Waals surface area contributed by atoms with Crippen molar-refractivity contribution in [1.29, 1.82) is 0 Å². The second kappa shape index (κ2) is 8.12. The number of aryl methyl sites for hydroxylation is 1. The molecule has 1 heterocycles. The lowest BCUT2D eigenvalue weighted by atomic mass is 10.1. The quantitative estimate of drug-likeness (QED) is 0.907. The summed E-state index contributed by atoms with van der Waals surface area (Å²) in [5.41, 5.74) is 3.08. The van der Waals surface area contributed by atoms with E-state index in [-0.39, 0.29) is 11.7 Å². The first-order chi connectivity index (χ1) is 12.2. The lowest BCUT2D eigenvalue weighted by Gasteiger charge is -2.35. The van der Waals surface area contributed by atoms with Crippen LogP contribution in [0.5, 0.6) is 0 Å². The molecule has 2 aromatic carbocycles. The Bertz CT molecular complexity index is 709. The van der Waals surface area contributed by atoms with E-state index in [1.54, 1.807) is 12.1 Å². The summed E-state index contributed by atoms with van der Waals surface area (Å²) in [7, 11) is 0. The van der Waals surface area contributed by atoms with Gasteiger partial charge in [-0.05, 0) is 42.3 Å². The van der Waals surface area contributed by atoms with Crippen LogP contribution in [-0.4, -0.2) is 43.5 Å². The highest BCUT2D eigenvalue weighted by atomic mass is 19.1. The Balaban J connectivity index is 1.50. The summed E-state index contributed by atoms with van der Waals surface area (Å²) in [6.07, 6.45) is 0.896. The van der Waals surface area contributed by atoms with Crippen LogP contribution in [0.25, 0.3) is 0 Å². The smallest absolute Gasteiger partial charge is 0.238 e. The number of carbonyl (C=O) groups is 1. The summed E-state index contributed by atoms with van der Waals surface area (Å²) >= 11 is 0. The molecule has 25 heavy (non-hydrogen) atoms. The summed E-state index contributed by atoms with van der Waals surface area (Å²) in [5.74, 6) is -0.192. The normalized spacial score (nSPS) is 15.2. The zero-order valence-electron chi connectivity index (χ0n) is 14.5. The molecular weight excluding hydrogens is 317 g/mol. The van der Waals surface area contributed by atoms with E-state index < -0.39 is 0 Å². The molecule has 4 nitrogen and oxygen atoms in total. The maximum Gasteiger partial charge on any atom is 0.238 e. The van der Waals surface area contributed by atoms with Crippen molar-refractivity contribution in [2.75, 3.05) is 42.9 Å². The van der Waals surface area contributed by atoms with Gasteiger partial charge in [-0.2, -0.15) is 0 Å². The monoisotopic (exact) mass is 341 g/mol. The van der Waals surface area contributed by atoms with Crippen LogP contribution in [-0.2, 0) is 11.2 Å². The second-order valence-corrected chi connectivity index (χ2v) is 6.30. The average molecular weight is 341 g/mol. The van der Waals surface area contributed by atoms with E-state index in [9.17, 15) is 9.18 Å². The summed E-state index contributed by atoms with van der Waals surface area (Å²) in [5, 5.41) is 3.02. The SMILES string of the molecule is CCc1ccccc1NC(=O)CN1CCN(c2ccc(F)cc2)CC1. The first-order valence-corrected chi connectivity index (χ1v) is 8.76. The van der Waals surface area contributed by atoms with Crippen LogP contribution in [0.15, 0.2) is 48.5 Å². The molecule has 0 saturated carbocycles. The molecule has 1 N–H and O–H groups in total. The van der Waals surface area contributed by atoms with Crippen LogP contribution in [0.1, 0.15) is 12.5 Å². The van der Waals surface area contributed by atoms with Gasteiger partial charge in [-0.15, -0.1) is 0 Å². The van der Waals surface area contributed by atoms with Crippen molar-refractivity contribution in [2.24, 2.45) is 0 Å². The van der Waals surface area contributed by atoms with Crippen molar-refractivity contribution in [2.45, 2.75) is 13.3 Å². The number of hydrogen-bond acceptors (Lipinski definition) is 3. The predicted octanol–water partition coefficient (Wildman–Crippen LogP) is 3.15. The highest BCUT2D eigenvalue weighted by molar-refractivity contribution is 5.93. The van der Waals surface area contributed by atoms with E-state index in [0.717, 1.165) is 49.5 Å². The Morgan fingerprint density at radius 2 is 1.72 bits per heavy atom. The van der Waals surface area contributed by atoms with Crippen molar-refractivity contribution >= 4 is 17.3 Å². The van der Waals surface area contributed by atoms with E-state index in [4.69, 9.17) is 0 Å². The molecule has 1 aliphatic rings. The molecule has 0 aliphatic carbocycles. The summed E-state index contributed by atoms with van der Waals surface area (Å²) in [6, 6.07) is 14.5. The summed E-state index contributed by atoms with van der Waals surface area (Å²) < 4.78 is 13.0. The number of para-hydroxylation sites is 1. The van der Waals surface area contributed by atoms with Gasteiger partial charge in [0, 0.05) is 37.6 Å². The highest BCUT2D eigenvalue weighted by Gasteiger charge is 2.19. The average Bonchev–Trinajstić information content (AvgIpc) is 2.63. The molecule has 0 unspecified atom stereocenters. The van der Waals surface area contributed by atoms with Crippen molar-refractivity contribution in [1.82, 2.24) is 4.90 Å². The molecule has 0 bridgehead atoms. The standard InChI is InChI=1S/C20H24FN3O/c1-2-16-5-3-4-6-19(16)22-20(25)15-23-11-13-24(14-12-23)18-9-7-17(21)8-10-18/h3-10H,2,11-15H2,1H3,(H,22,25). The maximum absolute atomic E-state index is 13.0. The number of piperazine rings is 1. The van der Waals surface area contributed by atoms with E-state index in [1.807, 2.05) is 24.3 Å². The van der Waals surface area contributed by atoms with Crippen molar-refractivity contribution < 1.29 is 9.18 Å². The summed E-state index contributed by atoms with van der Waals surface area (Å²) in [6.45, 7) is 5.80. The zero-order chi connectivity index (χ0) is 17.6. The molecule has 0 atom stereocenters. The lowest BCUT2D eigenvalue weighted by molar-refractivity contribution is -0.117. The van der Waals surface area contributed by atoms with Crippen LogP contribution < -0.4 is 10.2 Å². The number of nitrogens with zero attached hydrogens (tertiary/aromatic N) is 2. The van der Waals surface area contributed by atoms with Gasteiger partial charge in [0.1, 0.15) is 5.82 Å². The van der Waals surface area contributed by atoms with Crippen LogP contribution >= 0.6 is 0 Å². The number of amides is 1. The number of nitrogens with one attached hydrogen (secondary N) is 1. The van der Waals surface area contributed by atoms with Gasteiger partial charge in [-0.3, -0.25) is 9.69 Å². The molecule has 0 aromatic heterocycles. The van der Waals surface area contributed by atoms with Crippen molar-refractivity contribution in [3.63, 3.8) is 0 Å². The van der Waals surface area contributed by atoms with Crippen LogP contribution in [0, 0.1) is 5.82 Å². The third-order valence-electron chi connectivity index (χ3n) is 4.60. The van der Waals surface area contributed by atoms with Gasteiger partial charge in [-0.1, -0.05) is 25.1 Å². The fraction of sp³-hybridized carbons (Fsp3) is 0.350. The minimum absolute atomic E-state index is 0.0242. The van der Waals surface area contributed by atoms with E-state index in [1.165, 1.54) is 12.1 Å². The topological polar surface area (TPSA) is 35.6 Å². The predicted molar refractivity (Wildman–Crippen MR) is 99.5 cm³/mol. The maximum atomic E-state index is 13.0. The van der Waals surface area contributed by atoms with Gasteiger partial charge in [0.25, 0.3) is 0 Å². The van der Waals surface area contributed by atoms with Gasteiger partial charge in [0.15, 0.2) is 0 Å². The van der Waals surface area contributed by atoms with Crippen LogP contribution in [0.2, 0.25) is 0 Å². The van der Waals surface area contributed by atoms with Crippen molar-refractivity contribution in [3.8, 4) is 0 Å². The molecule has 5 heteroatoms. The first-order valence-electron chi connectivity index (χ1n) is 8.76. The first kappa shape index (κ1) is 17.4. The largest absolute Gasteiger partial charge is 0.369 e. The Morgan fingerprint density at radius 3 is 2.40 bits per heavy atom. The number of hydrogen-bond donors (Lipinski definition) is 1. The molecule has 0 spiro atoms. The second-order valence-electron chi connectivity index (χ2n) is 6.30. The Hall–Kier alpha value is -2.40. The Labute approximate surface area is 148 Å². The number of benzene rings is 2. The molecule has 1 amide bonds. The van der Waals surface area contributed by atoms with E-state index in [2.05, 4.69) is 22.0 Å². The van der Waals surface area contributed by atoms with Gasteiger partial charge < -0.3 is 10.2 Å². The molecule has 2 aromatic rings. The van der Waals surface area contributed by atoms with E-state index in [0.29, 0.717) is 6.54 Å². The zero-order valence-corrected chi connectivity index (χ0v) is 14.5. The number of carbonyl (C=O) groups excluding carboxylic acids is 1. The molecule has 132 valence electrons. The number of rotatable bonds is 5. The van der Waals surface area contributed by atoms with Gasteiger partial charge in [0.2, 0.25) is 5.91 Å². The fourth-order valence-electron chi connectivity index (χ4n) is 3.16. The van der Waals surface area contributed by atoms with Crippen molar-refractivity contribution in [3.05, 3.63) is 59.9 Å². The minimum Gasteiger partial charge on any atom is -0.369 e. The molecule has 3 rings (SSSR count). The fourth-order valence-corrected chi connectivity index (χ4v) is 3.16. The molecule has 1 saturated heterocycles. The third kappa shape index (κ3) is 4.57. The van der Waals surface area contributed by atoms with Gasteiger partial charge in [-0.25, -0.2) is 4.39 Å². The molecular formula is C20H24FN3O. The number of anilines is 2. The van der Waals surface area contributed by atoms with E-state index >= 15 is 0 Å². The van der Waals surface area contributed by atoms with Gasteiger partial charge in [0.05, 0.1) is 6.54 Å². The molecule has 0 radical (unpaired) electrons. The third-order valence-corrected chi connectivity index (χ3v) is 4.60. The van der Waals surface area contributed by atoms with Gasteiger partial charge >= 0.3 is 0 Å². The Morgan fingerprint density at radius 1 is 1.04 bits per heavy atom. The molecule has 1 fully saturated rings. The summed E-state index contributed by atoms with van der Waals surface area (Å²) in [4.78, 5) is 16.7. The molecule has 1 aliphatic heterocycles. The lowest BCUT2D eigenvalue weighted by Crippen LogP contribution is -2.48.